The quantitative estimate of drug-likeness (QED) is 0.810. The molecule has 7 nitrogen and oxygen atoms in total. The Labute approximate surface area is 145 Å². The Balaban J connectivity index is 1.51. The van der Waals surface area contributed by atoms with Gasteiger partial charge in [0.05, 0.1) is 24.9 Å². The summed E-state index contributed by atoms with van der Waals surface area (Å²) in [6, 6.07) is 5.62. The van der Waals surface area contributed by atoms with E-state index in [4.69, 9.17) is 4.74 Å². The number of aromatic nitrogens is 2. The van der Waals surface area contributed by atoms with Gasteiger partial charge in [-0.1, -0.05) is 6.07 Å². The first kappa shape index (κ1) is 16.3. The van der Waals surface area contributed by atoms with E-state index in [0.29, 0.717) is 30.2 Å². The van der Waals surface area contributed by atoms with Crippen LogP contribution in [0.3, 0.4) is 0 Å². The molecule has 0 saturated carbocycles. The van der Waals surface area contributed by atoms with Gasteiger partial charge in [-0.3, -0.25) is 4.90 Å². The van der Waals surface area contributed by atoms with Gasteiger partial charge in [-0.05, 0) is 25.0 Å². The lowest BCUT2D eigenvalue weighted by Gasteiger charge is -2.39. The summed E-state index contributed by atoms with van der Waals surface area (Å²) in [5.74, 6) is 0. The van der Waals surface area contributed by atoms with Crippen molar-refractivity contribution in [1.29, 1.82) is 0 Å². The normalized spacial score (nSPS) is 22.2. The average Bonchev–Trinajstić information content (AvgIpc) is 3.11. The molecule has 0 unspecified atom stereocenters. The van der Waals surface area contributed by atoms with Crippen molar-refractivity contribution < 1.29 is 13.2 Å². The van der Waals surface area contributed by atoms with E-state index in [9.17, 15) is 8.42 Å². The van der Waals surface area contributed by atoms with Crippen LogP contribution < -0.4 is 0 Å². The Bertz CT molecular complexity index is 809. The van der Waals surface area contributed by atoms with Gasteiger partial charge in [0, 0.05) is 32.2 Å². The minimum Gasteiger partial charge on any atom is -0.379 e. The third kappa shape index (κ3) is 2.95. The largest absolute Gasteiger partial charge is 0.379 e. The van der Waals surface area contributed by atoms with Crippen LogP contribution in [0.2, 0.25) is 0 Å². The lowest BCUT2D eigenvalue weighted by Crippen LogP contribution is -2.50. The summed E-state index contributed by atoms with van der Waals surface area (Å²) in [7, 11) is -3.52. The molecule has 0 aliphatic carbocycles. The Morgan fingerprint density at radius 2 is 1.83 bits per heavy atom. The lowest BCUT2D eigenvalue weighted by atomic mass is 10.0. The van der Waals surface area contributed by atoms with E-state index in [-0.39, 0.29) is 4.90 Å². The highest BCUT2D eigenvalue weighted by molar-refractivity contribution is 7.89. The zero-order valence-electron chi connectivity index (χ0n) is 13.3. The topological polar surface area (TPSA) is 75.6 Å². The van der Waals surface area contributed by atoms with Gasteiger partial charge in [-0.2, -0.15) is 13.1 Å². The van der Waals surface area contributed by atoms with Crippen LogP contribution in [0.25, 0.3) is 11.0 Å². The molecule has 1 aromatic heterocycles. The second-order valence-corrected chi connectivity index (χ2v) is 8.61. The number of piperidine rings is 1. The Morgan fingerprint density at radius 1 is 1.08 bits per heavy atom. The summed E-state index contributed by atoms with van der Waals surface area (Å²) in [6.45, 7) is 4.55. The van der Waals surface area contributed by atoms with Gasteiger partial charge in [0.25, 0.3) is 0 Å². The van der Waals surface area contributed by atoms with Gasteiger partial charge in [0.2, 0.25) is 10.0 Å². The van der Waals surface area contributed by atoms with Crippen molar-refractivity contribution in [3.05, 3.63) is 18.2 Å². The molecule has 0 spiro atoms. The highest BCUT2D eigenvalue weighted by atomic mass is 32.2. The van der Waals surface area contributed by atoms with Crippen LogP contribution in [0.15, 0.2) is 23.1 Å². The molecule has 0 bridgehead atoms. The Hall–Kier alpha value is -1.13. The van der Waals surface area contributed by atoms with Crippen LogP contribution in [0.1, 0.15) is 12.8 Å². The molecule has 2 aromatic rings. The fourth-order valence-corrected chi connectivity index (χ4v) is 5.74. The zero-order valence-corrected chi connectivity index (χ0v) is 14.9. The molecule has 2 aliphatic heterocycles. The van der Waals surface area contributed by atoms with Gasteiger partial charge < -0.3 is 4.74 Å². The van der Waals surface area contributed by atoms with E-state index in [0.717, 1.165) is 50.9 Å². The maximum Gasteiger partial charge on any atom is 0.245 e. The predicted octanol–water partition coefficient (Wildman–Crippen LogP) is 1.18. The number of rotatable bonds is 3. The van der Waals surface area contributed by atoms with Crippen molar-refractivity contribution in [2.75, 3.05) is 39.4 Å². The van der Waals surface area contributed by atoms with Gasteiger partial charge in [0.15, 0.2) is 0 Å². The first-order chi connectivity index (χ1) is 11.7. The smallest absolute Gasteiger partial charge is 0.245 e. The summed E-state index contributed by atoms with van der Waals surface area (Å²) in [5, 5.41) is 0. The van der Waals surface area contributed by atoms with E-state index in [2.05, 4.69) is 13.6 Å². The number of morpholine rings is 1. The van der Waals surface area contributed by atoms with Crippen molar-refractivity contribution in [2.24, 2.45) is 0 Å². The van der Waals surface area contributed by atoms with Crippen molar-refractivity contribution in [2.45, 2.75) is 23.8 Å². The summed E-state index contributed by atoms with van der Waals surface area (Å²) >= 11 is 1.05. The second-order valence-electron chi connectivity index (χ2n) is 6.17. The molecule has 24 heavy (non-hydrogen) atoms. The monoisotopic (exact) mass is 368 g/mol. The number of ether oxygens (including phenoxy) is 1. The van der Waals surface area contributed by atoms with Crippen molar-refractivity contribution in [3.63, 3.8) is 0 Å². The summed E-state index contributed by atoms with van der Waals surface area (Å²) in [5.41, 5.74) is 1.13. The van der Waals surface area contributed by atoms with Crippen LogP contribution in [-0.2, 0) is 14.8 Å². The fraction of sp³-hybridized carbons (Fsp3) is 0.600. The predicted molar refractivity (Wildman–Crippen MR) is 91.6 cm³/mol. The van der Waals surface area contributed by atoms with Crippen LogP contribution in [0.5, 0.6) is 0 Å². The molecule has 2 aliphatic rings. The minimum absolute atomic E-state index is 0.276. The molecular weight excluding hydrogens is 348 g/mol. The van der Waals surface area contributed by atoms with E-state index in [1.165, 1.54) is 0 Å². The van der Waals surface area contributed by atoms with Gasteiger partial charge in [0.1, 0.15) is 15.9 Å². The van der Waals surface area contributed by atoms with Gasteiger partial charge in [-0.15, -0.1) is 0 Å². The second kappa shape index (κ2) is 6.64. The molecule has 4 rings (SSSR count). The molecular formula is C15H20N4O3S2. The van der Waals surface area contributed by atoms with Crippen molar-refractivity contribution in [1.82, 2.24) is 18.0 Å². The molecule has 130 valence electrons. The maximum absolute atomic E-state index is 13.0. The molecule has 2 saturated heterocycles. The molecule has 2 fully saturated rings. The number of nitrogens with zero attached hydrogens (tertiary/aromatic N) is 4. The Morgan fingerprint density at radius 3 is 2.58 bits per heavy atom. The van der Waals surface area contributed by atoms with Gasteiger partial charge >= 0.3 is 0 Å². The molecule has 0 amide bonds. The SMILES string of the molecule is O=S(=O)(c1cccc2nsnc12)N1CCC(N2CCOCC2)CC1. The average molecular weight is 368 g/mol. The number of hydrogen-bond acceptors (Lipinski definition) is 7. The lowest BCUT2D eigenvalue weighted by molar-refractivity contribution is 0.00610. The summed E-state index contributed by atoms with van der Waals surface area (Å²) < 4.78 is 41.3. The number of fused-ring (bicyclic) bond motifs is 1. The fourth-order valence-electron chi connectivity index (χ4n) is 3.52. The van der Waals surface area contributed by atoms with E-state index >= 15 is 0 Å². The summed E-state index contributed by atoms with van der Waals surface area (Å²) in [4.78, 5) is 2.71. The number of benzene rings is 1. The molecule has 9 heteroatoms. The maximum atomic E-state index is 13.0. The molecule has 1 aromatic carbocycles. The van der Waals surface area contributed by atoms with Crippen molar-refractivity contribution >= 4 is 32.8 Å². The standard InChI is InChI=1S/C15H20N4O3S2/c20-24(21,14-3-1-2-13-15(14)17-23-16-13)19-6-4-12(5-7-19)18-8-10-22-11-9-18/h1-3,12H,4-11H2. The van der Waals surface area contributed by atoms with Crippen LogP contribution in [0.4, 0.5) is 0 Å². The number of sulfonamides is 1. The van der Waals surface area contributed by atoms with E-state index < -0.39 is 10.0 Å². The molecule has 3 heterocycles. The third-order valence-corrected chi connectivity index (χ3v) is 7.33. The highest BCUT2D eigenvalue weighted by Crippen LogP contribution is 2.27. The zero-order chi connectivity index (χ0) is 16.6. The highest BCUT2D eigenvalue weighted by Gasteiger charge is 2.33. The Kier molecular flexibility index (Phi) is 4.52. The third-order valence-electron chi connectivity index (χ3n) is 4.85. The van der Waals surface area contributed by atoms with Crippen LogP contribution in [0, 0.1) is 0 Å². The van der Waals surface area contributed by atoms with Crippen LogP contribution >= 0.6 is 11.7 Å². The van der Waals surface area contributed by atoms with E-state index in [1.54, 1.807) is 22.5 Å². The molecule has 0 atom stereocenters. The number of hydrogen-bond donors (Lipinski definition) is 0. The summed E-state index contributed by atoms with van der Waals surface area (Å²) in [6.07, 6.45) is 1.73. The van der Waals surface area contributed by atoms with Crippen molar-refractivity contribution in [3.8, 4) is 0 Å². The molecule has 0 radical (unpaired) electrons. The van der Waals surface area contributed by atoms with E-state index in [1.807, 2.05) is 0 Å². The first-order valence-corrected chi connectivity index (χ1v) is 10.4. The first-order valence-electron chi connectivity index (χ1n) is 8.19. The minimum atomic E-state index is -3.52. The van der Waals surface area contributed by atoms with Crippen LogP contribution in [-0.4, -0.2) is 71.8 Å². The van der Waals surface area contributed by atoms with Gasteiger partial charge in [-0.25, -0.2) is 8.42 Å². The molecule has 0 N–H and O–H groups in total.